The normalized spacial score (nSPS) is 13.7. The monoisotopic (exact) mass is 339 g/mol. The quantitative estimate of drug-likeness (QED) is 0.702. The molecule has 2 aromatic carbocycles. The van der Waals surface area contributed by atoms with Crippen LogP contribution in [-0.2, 0) is 0 Å². The summed E-state index contributed by atoms with van der Waals surface area (Å²) < 4.78 is 0.942. The van der Waals surface area contributed by atoms with Crippen LogP contribution in [0.2, 0.25) is 0 Å². The predicted molar refractivity (Wildman–Crippen MR) is 85.9 cm³/mol. The molecule has 1 aromatic heterocycles. The van der Waals surface area contributed by atoms with Gasteiger partial charge in [-0.1, -0.05) is 34.1 Å². The van der Waals surface area contributed by atoms with Crippen LogP contribution < -0.4 is 10.4 Å². The molecule has 1 aliphatic rings. The molecule has 0 aliphatic carbocycles. The van der Waals surface area contributed by atoms with Crippen LogP contribution in [-0.4, -0.2) is 10.1 Å². The second-order valence-corrected chi connectivity index (χ2v) is 5.71. The number of fused-ring (bicyclic) bond motifs is 2. The van der Waals surface area contributed by atoms with E-state index in [-0.39, 0.29) is 5.88 Å². The molecule has 102 valence electrons. The number of aromatic hydroxyl groups is 1. The van der Waals surface area contributed by atoms with Gasteiger partial charge in [-0.3, -0.25) is 0 Å². The van der Waals surface area contributed by atoms with Crippen LogP contribution in [0, 0.1) is 0 Å². The number of azo groups is 1. The van der Waals surface area contributed by atoms with Gasteiger partial charge < -0.3 is 10.1 Å². The highest BCUT2D eigenvalue weighted by Crippen LogP contribution is 2.33. The number of halogens is 1. The summed E-state index contributed by atoms with van der Waals surface area (Å²) in [5.41, 5.74) is 2.50. The maximum Gasteiger partial charge on any atom is 0.196 e. The number of hydrogen-bond donors (Lipinski definition) is 2. The Balaban J connectivity index is 2.00. The molecule has 1 aliphatic heterocycles. The Morgan fingerprint density at radius 3 is 3.00 bits per heavy atom. The van der Waals surface area contributed by atoms with E-state index >= 15 is 0 Å². The Morgan fingerprint density at radius 2 is 2.10 bits per heavy atom. The first kappa shape index (κ1) is 12.3. The van der Waals surface area contributed by atoms with Gasteiger partial charge in [-0.25, -0.2) is 0 Å². The topological polar surface area (TPSA) is 60.7 Å². The fourth-order valence-corrected chi connectivity index (χ4v) is 3.10. The zero-order chi connectivity index (χ0) is 14.4. The zero-order valence-electron chi connectivity index (χ0n) is 10.8. The summed E-state index contributed by atoms with van der Waals surface area (Å²) in [6.45, 7) is 0. The van der Waals surface area contributed by atoms with E-state index in [2.05, 4.69) is 31.1 Å². The average Bonchev–Trinajstić information content (AvgIpc) is 3.04. The molecule has 0 radical (unpaired) electrons. The van der Waals surface area contributed by atoms with Crippen LogP contribution in [0.4, 0.5) is 5.69 Å². The van der Waals surface area contributed by atoms with Crippen molar-refractivity contribution >= 4 is 44.8 Å². The second-order valence-electron chi connectivity index (χ2n) is 4.86. The molecule has 0 fully saturated rings. The van der Waals surface area contributed by atoms with Crippen LogP contribution in [0.25, 0.3) is 23.2 Å². The molecule has 2 heterocycles. The van der Waals surface area contributed by atoms with E-state index < -0.39 is 0 Å². The van der Waals surface area contributed by atoms with E-state index in [1.165, 1.54) is 0 Å². The van der Waals surface area contributed by atoms with Gasteiger partial charge in [0, 0.05) is 20.6 Å². The lowest BCUT2D eigenvalue weighted by molar-refractivity contribution is 0.457. The Bertz CT molecular complexity index is 1020. The lowest BCUT2D eigenvalue weighted by Crippen LogP contribution is -2.06. The highest BCUT2D eigenvalue weighted by molar-refractivity contribution is 9.10. The number of H-pyrrole nitrogens is 1. The van der Waals surface area contributed by atoms with Crippen molar-refractivity contribution in [2.75, 3.05) is 0 Å². The van der Waals surface area contributed by atoms with E-state index in [1.807, 2.05) is 42.5 Å². The number of aromatic amines is 1. The van der Waals surface area contributed by atoms with Gasteiger partial charge in [0.05, 0.1) is 17.4 Å². The number of nitrogens with one attached hydrogen (secondary N) is 1. The largest absolute Gasteiger partial charge is 0.494 e. The first-order valence-electron chi connectivity index (χ1n) is 6.44. The van der Waals surface area contributed by atoms with Crippen LogP contribution in [0.5, 0.6) is 5.88 Å². The summed E-state index contributed by atoms with van der Waals surface area (Å²) in [4.78, 5) is 2.99. The molecule has 4 nitrogen and oxygen atoms in total. The Hall–Kier alpha value is -2.40. The minimum absolute atomic E-state index is 0.158. The molecule has 0 atom stereocenters. The first-order chi connectivity index (χ1) is 10.2. The minimum atomic E-state index is 0.158. The van der Waals surface area contributed by atoms with Gasteiger partial charge in [0.15, 0.2) is 5.88 Å². The van der Waals surface area contributed by atoms with Gasteiger partial charge in [0.2, 0.25) is 0 Å². The molecule has 0 unspecified atom stereocenters. The Kier molecular flexibility index (Phi) is 2.68. The maximum absolute atomic E-state index is 10.2. The fraction of sp³-hybridized carbons (Fsp3) is 0. The molecule has 0 spiro atoms. The van der Waals surface area contributed by atoms with E-state index in [9.17, 15) is 5.11 Å². The standard InChI is InChI=1S/C16H10BrN3O/c17-12-2-1-3-13-15(12)11(16(21)19-13)6-9-4-5-10-8-18-20-14(10)7-9/h1-8,19,21H/b9-6-. The molecule has 3 aromatic rings. The first-order valence-corrected chi connectivity index (χ1v) is 7.24. The van der Waals surface area contributed by atoms with Gasteiger partial charge in [0.25, 0.3) is 0 Å². The number of nitrogens with zero attached hydrogens (tertiary/aromatic N) is 2. The summed E-state index contributed by atoms with van der Waals surface area (Å²) in [7, 11) is 0. The third kappa shape index (κ3) is 1.97. The van der Waals surface area contributed by atoms with Crippen molar-refractivity contribution in [1.29, 1.82) is 0 Å². The van der Waals surface area contributed by atoms with Gasteiger partial charge >= 0.3 is 0 Å². The van der Waals surface area contributed by atoms with Gasteiger partial charge in [0.1, 0.15) is 0 Å². The third-order valence-corrected chi connectivity index (χ3v) is 4.18. The maximum atomic E-state index is 10.2. The molecule has 21 heavy (non-hydrogen) atoms. The summed E-state index contributed by atoms with van der Waals surface area (Å²) >= 11 is 3.53. The van der Waals surface area contributed by atoms with Crippen molar-refractivity contribution in [1.82, 2.24) is 4.98 Å². The van der Waals surface area contributed by atoms with Crippen molar-refractivity contribution in [3.8, 4) is 5.88 Å². The highest BCUT2D eigenvalue weighted by Gasteiger charge is 2.11. The molecule has 5 heteroatoms. The Morgan fingerprint density at radius 1 is 1.19 bits per heavy atom. The number of benzene rings is 2. The minimum Gasteiger partial charge on any atom is -0.494 e. The molecule has 0 saturated heterocycles. The van der Waals surface area contributed by atoms with E-state index in [0.717, 1.165) is 37.1 Å². The predicted octanol–water partition coefficient (Wildman–Crippen LogP) is 3.30. The van der Waals surface area contributed by atoms with E-state index in [0.29, 0.717) is 0 Å². The summed E-state index contributed by atoms with van der Waals surface area (Å²) in [5, 5.41) is 21.1. The summed E-state index contributed by atoms with van der Waals surface area (Å²) in [6.07, 6.45) is 3.67. The van der Waals surface area contributed by atoms with Gasteiger partial charge in [-0.05, 0) is 29.5 Å². The SMILES string of the molecule is Oc1[nH]c2cccc(Br)c2c1/C=c1/ccc2c(c1)N=NC=2. The number of rotatable bonds is 1. The van der Waals surface area contributed by atoms with Crippen molar-refractivity contribution < 1.29 is 5.11 Å². The summed E-state index contributed by atoms with van der Waals surface area (Å²) in [5.74, 6) is 0.158. The molecular formula is C16H10BrN3O. The van der Waals surface area contributed by atoms with Crippen molar-refractivity contribution in [2.24, 2.45) is 10.2 Å². The Labute approximate surface area is 128 Å². The smallest absolute Gasteiger partial charge is 0.196 e. The number of aromatic nitrogens is 1. The average molecular weight is 340 g/mol. The lowest BCUT2D eigenvalue weighted by Gasteiger charge is -1.96. The van der Waals surface area contributed by atoms with Crippen molar-refractivity contribution in [3.63, 3.8) is 0 Å². The zero-order valence-corrected chi connectivity index (χ0v) is 12.4. The molecule has 0 amide bonds. The fourth-order valence-electron chi connectivity index (χ4n) is 2.52. The highest BCUT2D eigenvalue weighted by atomic mass is 79.9. The van der Waals surface area contributed by atoms with E-state index in [1.54, 1.807) is 6.20 Å². The van der Waals surface area contributed by atoms with Crippen LogP contribution in [0.3, 0.4) is 0 Å². The van der Waals surface area contributed by atoms with Gasteiger partial charge in [-0.15, -0.1) is 0 Å². The lowest BCUT2D eigenvalue weighted by atomic mass is 10.1. The van der Waals surface area contributed by atoms with E-state index in [4.69, 9.17) is 0 Å². The molecule has 2 N–H and O–H groups in total. The molecule has 0 bridgehead atoms. The van der Waals surface area contributed by atoms with Gasteiger partial charge in [-0.2, -0.15) is 10.2 Å². The second kappa shape index (κ2) is 4.56. The molecule has 0 saturated carbocycles. The molecule has 4 rings (SSSR count). The number of hydrogen-bond acceptors (Lipinski definition) is 3. The van der Waals surface area contributed by atoms with Crippen molar-refractivity contribution in [2.45, 2.75) is 0 Å². The molecular weight excluding hydrogens is 330 g/mol. The van der Waals surface area contributed by atoms with Crippen LogP contribution >= 0.6 is 15.9 Å². The van der Waals surface area contributed by atoms with Crippen LogP contribution in [0.15, 0.2) is 51.1 Å². The van der Waals surface area contributed by atoms with Crippen molar-refractivity contribution in [3.05, 3.63) is 56.9 Å². The van der Waals surface area contributed by atoms with Crippen LogP contribution in [0.1, 0.15) is 5.56 Å². The third-order valence-electron chi connectivity index (χ3n) is 3.52. The summed E-state index contributed by atoms with van der Waals surface area (Å²) in [6, 6.07) is 11.7.